The summed E-state index contributed by atoms with van der Waals surface area (Å²) in [5.41, 5.74) is 0.517. The van der Waals surface area contributed by atoms with E-state index in [0.29, 0.717) is 37.7 Å². The number of hydrogen-bond acceptors (Lipinski definition) is 5. The number of Topliss-reactive ketones (excluding diaryl/α,β-unsaturated/α-hetero) is 1. The zero-order valence-corrected chi connectivity index (χ0v) is 17.3. The van der Waals surface area contributed by atoms with Crippen molar-refractivity contribution in [2.45, 2.75) is 83.3 Å². The lowest BCUT2D eigenvalue weighted by atomic mass is 9.87. The average molecular weight is 401 g/mol. The Kier molecular flexibility index (Phi) is 7.84. The molecule has 1 unspecified atom stereocenters. The fraction of sp³-hybridized carbons (Fsp3) is 0.625. The van der Waals surface area contributed by atoms with E-state index >= 15 is 0 Å². The van der Waals surface area contributed by atoms with E-state index in [2.05, 4.69) is 6.92 Å². The summed E-state index contributed by atoms with van der Waals surface area (Å²) in [6, 6.07) is 8.92. The molecule has 4 atom stereocenters. The Morgan fingerprint density at radius 3 is 2.59 bits per heavy atom. The van der Waals surface area contributed by atoms with Gasteiger partial charge >= 0.3 is 11.9 Å². The van der Waals surface area contributed by atoms with Crippen LogP contribution >= 0.6 is 0 Å². The van der Waals surface area contributed by atoms with Gasteiger partial charge in [-0.2, -0.15) is 0 Å². The first-order valence-corrected chi connectivity index (χ1v) is 11.1. The highest BCUT2D eigenvalue weighted by atomic mass is 16.6. The molecule has 1 saturated carbocycles. The van der Waals surface area contributed by atoms with Crippen molar-refractivity contribution in [1.29, 1.82) is 0 Å². The number of ketones is 1. The van der Waals surface area contributed by atoms with Crippen LogP contribution in [0.4, 0.5) is 0 Å². The number of carbonyl (C=O) groups excluding carboxylic acids is 3. The number of ether oxygens (including phenoxy) is 2. The molecule has 2 fully saturated rings. The third kappa shape index (κ3) is 5.91. The minimum atomic E-state index is -0.353. The van der Waals surface area contributed by atoms with Gasteiger partial charge < -0.3 is 9.47 Å². The topological polar surface area (TPSA) is 69.7 Å². The van der Waals surface area contributed by atoms with Crippen LogP contribution in [0, 0.1) is 11.8 Å². The largest absolute Gasteiger partial charge is 0.462 e. The first kappa shape index (κ1) is 21.5. The molecule has 1 aromatic rings. The molecule has 158 valence electrons. The second kappa shape index (κ2) is 10.6. The number of fused-ring (bicyclic) bond motifs is 1. The first-order valence-electron chi connectivity index (χ1n) is 11.1. The fourth-order valence-electron chi connectivity index (χ4n) is 4.65. The van der Waals surface area contributed by atoms with Gasteiger partial charge in [-0.1, -0.05) is 50.8 Å². The number of esters is 2. The van der Waals surface area contributed by atoms with Gasteiger partial charge in [0, 0.05) is 31.1 Å². The van der Waals surface area contributed by atoms with E-state index in [4.69, 9.17) is 9.47 Å². The van der Waals surface area contributed by atoms with E-state index in [-0.39, 0.29) is 41.8 Å². The minimum absolute atomic E-state index is 0.00292. The van der Waals surface area contributed by atoms with Crippen molar-refractivity contribution >= 4 is 17.7 Å². The summed E-state index contributed by atoms with van der Waals surface area (Å²) in [5.74, 6) is -0.214. The van der Waals surface area contributed by atoms with E-state index in [9.17, 15) is 14.4 Å². The smallest absolute Gasteiger partial charge is 0.338 e. The molecule has 1 aliphatic heterocycles. The summed E-state index contributed by atoms with van der Waals surface area (Å²) in [6.07, 6.45) is 7.81. The van der Waals surface area contributed by atoms with Crippen molar-refractivity contribution in [1.82, 2.24) is 0 Å². The molecule has 0 radical (unpaired) electrons. The van der Waals surface area contributed by atoms with Crippen LogP contribution in [0.1, 0.15) is 81.5 Å². The number of carbonyl (C=O) groups is 3. The Bertz CT molecular complexity index is 698. The molecule has 0 amide bonds. The average Bonchev–Trinajstić information content (AvgIpc) is 3.22. The lowest BCUT2D eigenvalue weighted by Gasteiger charge is -2.23. The molecule has 5 heteroatoms. The van der Waals surface area contributed by atoms with E-state index < -0.39 is 0 Å². The summed E-state index contributed by atoms with van der Waals surface area (Å²) >= 11 is 0. The summed E-state index contributed by atoms with van der Waals surface area (Å²) in [5, 5.41) is 0. The van der Waals surface area contributed by atoms with Gasteiger partial charge in [-0.3, -0.25) is 9.59 Å². The van der Waals surface area contributed by atoms with Crippen LogP contribution < -0.4 is 0 Å². The maximum Gasteiger partial charge on any atom is 0.338 e. The highest BCUT2D eigenvalue weighted by molar-refractivity contribution is 5.89. The predicted octanol–water partition coefficient (Wildman–Crippen LogP) is 4.87. The first-order chi connectivity index (χ1) is 14.1. The van der Waals surface area contributed by atoms with Crippen molar-refractivity contribution in [3.8, 4) is 0 Å². The van der Waals surface area contributed by atoms with Gasteiger partial charge in [-0.05, 0) is 25.0 Å². The number of unbranched alkanes of at least 4 members (excludes halogenated alkanes) is 4. The Balaban J connectivity index is 1.53. The normalized spacial score (nSPS) is 25.5. The van der Waals surface area contributed by atoms with Crippen molar-refractivity contribution in [2.24, 2.45) is 11.8 Å². The summed E-state index contributed by atoms with van der Waals surface area (Å²) in [6.45, 7) is 2.18. The van der Waals surface area contributed by atoms with Gasteiger partial charge in [-0.15, -0.1) is 0 Å². The zero-order valence-electron chi connectivity index (χ0n) is 17.3. The van der Waals surface area contributed by atoms with Crippen LogP contribution in [0.15, 0.2) is 30.3 Å². The molecule has 0 bridgehead atoms. The number of benzene rings is 1. The standard InChI is InChI=1S/C24H32O5/c1-2-3-4-5-9-12-18(25)13-14-19-20-15-23(26)28-22(20)16-21(19)29-24(27)17-10-7-6-8-11-17/h6-8,10-11,19-22H,2-5,9,12-16H2,1H3/t19-,20-,21-,22?/m1/s1. The molecule has 1 aromatic carbocycles. The van der Waals surface area contributed by atoms with Crippen LogP contribution in [0.5, 0.6) is 0 Å². The van der Waals surface area contributed by atoms with E-state index in [0.717, 1.165) is 12.8 Å². The van der Waals surface area contributed by atoms with E-state index in [1.807, 2.05) is 6.07 Å². The second-order valence-corrected chi connectivity index (χ2v) is 8.35. The molecule has 2 aliphatic rings. The van der Waals surface area contributed by atoms with Gasteiger partial charge in [0.1, 0.15) is 18.0 Å². The number of hydrogen-bond donors (Lipinski definition) is 0. The van der Waals surface area contributed by atoms with Crippen molar-refractivity contribution < 1.29 is 23.9 Å². The van der Waals surface area contributed by atoms with E-state index in [1.165, 1.54) is 19.3 Å². The molecule has 1 saturated heterocycles. The van der Waals surface area contributed by atoms with Gasteiger partial charge in [-0.25, -0.2) is 4.79 Å². The molecular weight excluding hydrogens is 368 g/mol. The van der Waals surface area contributed by atoms with Crippen molar-refractivity contribution in [2.75, 3.05) is 0 Å². The molecule has 5 nitrogen and oxygen atoms in total. The fourth-order valence-corrected chi connectivity index (χ4v) is 4.65. The van der Waals surface area contributed by atoms with Gasteiger partial charge in [0.2, 0.25) is 0 Å². The van der Waals surface area contributed by atoms with E-state index in [1.54, 1.807) is 24.3 Å². The monoisotopic (exact) mass is 400 g/mol. The summed E-state index contributed by atoms with van der Waals surface area (Å²) < 4.78 is 11.2. The Morgan fingerprint density at radius 2 is 1.83 bits per heavy atom. The van der Waals surface area contributed by atoms with Crippen LogP contribution in [0.25, 0.3) is 0 Å². The maximum absolute atomic E-state index is 12.5. The van der Waals surface area contributed by atoms with Crippen LogP contribution in [-0.4, -0.2) is 29.9 Å². The Morgan fingerprint density at radius 1 is 1.07 bits per heavy atom. The second-order valence-electron chi connectivity index (χ2n) is 8.35. The zero-order chi connectivity index (χ0) is 20.6. The van der Waals surface area contributed by atoms with Gasteiger partial charge in [0.15, 0.2) is 0 Å². The lowest BCUT2D eigenvalue weighted by molar-refractivity contribution is -0.141. The Labute approximate surface area is 173 Å². The quantitative estimate of drug-likeness (QED) is 0.391. The highest BCUT2D eigenvalue weighted by Crippen LogP contribution is 2.45. The molecule has 0 aromatic heterocycles. The minimum Gasteiger partial charge on any atom is -0.462 e. The molecule has 0 spiro atoms. The molecule has 3 rings (SSSR count). The van der Waals surface area contributed by atoms with Gasteiger partial charge in [0.25, 0.3) is 0 Å². The van der Waals surface area contributed by atoms with Crippen LogP contribution in [0.2, 0.25) is 0 Å². The molecule has 1 aliphatic carbocycles. The molecular formula is C24H32O5. The van der Waals surface area contributed by atoms with Crippen LogP contribution in [0.3, 0.4) is 0 Å². The predicted molar refractivity (Wildman–Crippen MR) is 109 cm³/mol. The van der Waals surface area contributed by atoms with Crippen LogP contribution in [-0.2, 0) is 19.1 Å². The summed E-state index contributed by atoms with van der Waals surface area (Å²) in [7, 11) is 0. The van der Waals surface area contributed by atoms with Crippen molar-refractivity contribution in [3.05, 3.63) is 35.9 Å². The third-order valence-corrected chi connectivity index (χ3v) is 6.24. The molecule has 29 heavy (non-hydrogen) atoms. The molecule has 1 heterocycles. The Hall–Kier alpha value is -2.17. The third-order valence-electron chi connectivity index (χ3n) is 6.24. The maximum atomic E-state index is 12.5. The van der Waals surface area contributed by atoms with Crippen molar-refractivity contribution in [3.63, 3.8) is 0 Å². The number of rotatable bonds is 11. The SMILES string of the molecule is CCCCCCCC(=O)CC[C@H]1[C@H](OC(=O)c2ccccc2)CC2OC(=O)C[C@@H]21. The molecule has 0 N–H and O–H groups in total. The lowest BCUT2D eigenvalue weighted by Crippen LogP contribution is -2.26. The van der Waals surface area contributed by atoms with Gasteiger partial charge in [0.05, 0.1) is 12.0 Å². The summed E-state index contributed by atoms with van der Waals surface area (Å²) in [4.78, 5) is 36.6. The highest BCUT2D eigenvalue weighted by Gasteiger charge is 2.51.